The van der Waals surface area contributed by atoms with Crippen LogP contribution < -0.4 is 5.32 Å². The first kappa shape index (κ1) is 15.1. The number of nitrogens with one attached hydrogen (secondary N) is 1. The zero-order valence-electron chi connectivity index (χ0n) is 8.95. The fourth-order valence-corrected chi connectivity index (χ4v) is 2.31. The molecule has 1 N–H and O–H groups in total. The van der Waals surface area contributed by atoms with Crippen LogP contribution in [-0.2, 0) is 0 Å². The molecule has 0 amide bonds. The van der Waals surface area contributed by atoms with Gasteiger partial charge in [0.1, 0.15) is 23.4 Å². The Kier molecular flexibility index (Phi) is 4.98. The Morgan fingerprint density at radius 1 is 1.47 bits per heavy atom. The molecule has 0 radical (unpaired) electrons. The van der Waals surface area contributed by atoms with Crippen LogP contribution >= 0.6 is 31.9 Å². The Morgan fingerprint density at radius 3 is 2.53 bits per heavy atom. The van der Waals surface area contributed by atoms with E-state index in [9.17, 15) is 14.5 Å². The highest BCUT2D eigenvalue weighted by atomic mass is 79.9. The molecule has 1 rings (SSSR count). The van der Waals surface area contributed by atoms with Crippen LogP contribution in [0.25, 0.3) is 0 Å². The van der Waals surface area contributed by atoms with E-state index in [4.69, 9.17) is 10.5 Å². The maximum Gasteiger partial charge on any atom is 0.295 e. The van der Waals surface area contributed by atoms with Gasteiger partial charge >= 0.3 is 0 Å². The first-order valence-corrected chi connectivity index (χ1v) is 6.09. The smallest absolute Gasteiger partial charge is 0.295 e. The molecule has 0 aliphatic carbocycles. The number of anilines is 1. The standard InChI is InChI=1S/C10H3Br2FN4O2/c11-6-1-7(17(18)19)10(8(12)9(6)13)16-4-5(2-14)3-15/h1,4,16H. The van der Waals surface area contributed by atoms with Gasteiger partial charge in [-0.05, 0) is 31.9 Å². The Hall–Kier alpha value is -1.97. The summed E-state index contributed by atoms with van der Waals surface area (Å²) in [6, 6.07) is 4.11. The van der Waals surface area contributed by atoms with Gasteiger partial charge in [-0.15, -0.1) is 0 Å². The molecule has 0 bridgehead atoms. The van der Waals surface area contributed by atoms with E-state index in [1.807, 2.05) is 0 Å². The molecule has 1 aromatic carbocycles. The molecule has 19 heavy (non-hydrogen) atoms. The number of rotatable bonds is 3. The number of nitriles is 2. The van der Waals surface area contributed by atoms with Crippen molar-refractivity contribution in [2.75, 3.05) is 5.32 Å². The van der Waals surface area contributed by atoms with Crippen LogP contribution in [0.3, 0.4) is 0 Å². The topological polar surface area (TPSA) is 103 Å². The minimum atomic E-state index is -0.739. The van der Waals surface area contributed by atoms with E-state index in [2.05, 4.69) is 37.2 Å². The molecule has 6 nitrogen and oxygen atoms in total. The minimum Gasteiger partial charge on any atom is -0.353 e. The highest BCUT2D eigenvalue weighted by Gasteiger charge is 2.22. The summed E-state index contributed by atoms with van der Waals surface area (Å²) >= 11 is 5.73. The second-order valence-corrected chi connectivity index (χ2v) is 4.71. The molecule has 96 valence electrons. The SMILES string of the molecule is N#CC(C#N)=CNc1c([N+](=O)[O-])cc(Br)c(F)c1Br. The van der Waals surface area contributed by atoms with Gasteiger partial charge < -0.3 is 5.32 Å². The van der Waals surface area contributed by atoms with E-state index >= 15 is 0 Å². The van der Waals surface area contributed by atoms with Crippen LogP contribution in [0.5, 0.6) is 0 Å². The van der Waals surface area contributed by atoms with Crippen LogP contribution in [0.15, 0.2) is 26.8 Å². The zero-order chi connectivity index (χ0) is 14.6. The Bertz CT molecular complexity index is 645. The molecule has 0 aliphatic heterocycles. The van der Waals surface area contributed by atoms with Crippen molar-refractivity contribution >= 4 is 43.2 Å². The first-order chi connectivity index (χ1) is 8.92. The van der Waals surface area contributed by atoms with Crippen molar-refractivity contribution in [2.45, 2.75) is 0 Å². The summed E-state index contributed by atoms with van der Waals surface area (Å²) < 4.78 is 13.4. The average molecular weight is 390 g/mol. The van der Waals surface area contributed by atoms with E-state index in [0.29, 0.717) is 0 Å². The second kappa shape index (κ2) is 6.27. The number of benzene rings is 1. The highest BCUT2D eigenvalue weighted by Crippen LogP contribution is 2.38. The van der Waals surface area contributed by atoms with E-state index < -0.39 is 16.4 Å². The van der Waals surface area contributed by atoms with Crippen LogP contribution in [0, 0.1) is 38.6 Å². The quantitative estimate of drug-likeness (QED) is 0.368. The number of nitrogens with zero attached hydrogens (tertiary/aromatic N) is 3. The number of hydrogen-bond acceptors (Lipinski definition) is 5. The van der Waals surface area contributed by atoms with Gasteiger partial charge in [0.05, 0.1) is 13.9 Å². The van der Waals surface area contributed by atoms with Gasteiger partial charge in [-0.1, -0.05) is 0 Å². The van der Waals surface area contributed by atoms with E-state index in [1.54, 1.807) is 12.1 Å². The number of hydrogen-bond donors (Lipinski definition) is 1. The average Bonchev–Trinajstić information content (AvgIpc) is 2.38. The van der Waals surface area contributed by atoms with Gasteiger partial charge in [0.25, 0.3) is 5.69 Å². The molecule has 0 atom stereocenters. The summed E-state index contributed by atoms with van der Waals surface area (Å²) in [5, 5.41) is 30.3. The minimum absolute atomic E-state index is 0.0820. The van der Waals surface area contributed by atoms with Crippen molar-refractivity contribution < 1.29 is 9.31 Å². The summed E-state index contributed by atoms with van der Waals surface area (Å²) in [6.45, 7) is 0. The Morgan fingerprint density at radius 2 is 2.05 bits per heavy atom. The fourth-order valence-electron chi connectivity index (χ4n) is 1.10. The number of allylic oxidation sites excluding steroid dienone is 1. The molecule has 9 heteroatoms. The predicted octanol–water partition coefficient (Wildman–Crippen LogP) is 3.60. The second-order valence-electron chi connectivity index (χ2n) is 3.06. The molecule has 0 fully saturated rings. The van der Waals surface area contributed by atoms with E-state index in [0.717, 1.165) is 12.3 Å². The van der Waals surface area contributed by atoms with Gasteiger partial charge in [-0.25, -0.2) is 4.39 Å². The van der Waals surface area contributed by atoms with Gasteiger partial charge in [0.2, 0.25) is 0 Å². The summed E-state index contributed by atoms with van der Waals surface area (Å²) in [7, 11) is 0. The lowest BCUT2D eigenvalue weighted by atomic mass is 10.2. The third-order valence-electron chi connectivity index (χ3n) is 1.94. The molecular formula is C10H3Br2FN4O2. The number of nitro benzene ring substituents is 1. The van der Waals surface area contributed by atoms with Crippen LogP contribution in [0.2, 0.25) is 0 Å². The molecular weight excluding hydrogens is 387 g/mol. The van der Waals surface area contributed by atoms with E-state index in [1.165, 1.54) is 0 Å². The molecule has 0 saturated heterocycles. The molecule has 0 saturated carbocycles. The van der Waals surface area contributed by atoms with Crippen molar-refractivity contribution in [3.8, 4) is 12.1 Å². The maximum atomic E-state index is 13.6. The summed E-state index contributed by atoms with van der Waals surface area (Å²) in [5.41, 5.74) is -0.898. The number of halogens is 3. The van der Waals surface area contributed by atoms with Gasteiger partial charge in [0.15, 0.2) is 5.82 Å². The summed E-state index contributed by atoms with van der Waals surface area (Å²) in [5.74, 6) is -0.739. The molecule has 0 unspecified atom stereocenters. The largest absolute Gasteiger partial charge is 0.353 e. The maximum absolute atomic E-state index is 13.6. The lowest BCUT2D eigenvalue weighted by Gasteiger charge is -2.07. The van der Waals surface area contributed by atoms with E-state index in [-0.39, 0.29) is 20.2 Å². The normalized spacial score (nSPS) is 9.11. The summed E-state index contributed by atoms with van der Waals surface area (Å²) in [4.78, 5) is 10.2. The Labute approximate surface area is 123 Å². The third kappa shape index (κ3) is 3.28. The molecule has 0 aliphatic rings. The molecule has 0 aromatic heterocycles. The van der Waals surface area contributed by atoms with Crippen molar-refractivity contribution in [2.24, 2.45) is 0 Å². The van der Waals surface area contributed by atoms with Crippen LogP contribution in [0.1, 0.15) is 0 Å². The van der Waals surface area contributed by atoms with Crippen LogP contribution in [0.4, 0.5) is 15.8 Å². The lowest BCUT2D eigenvalue weighted by molar-refractivity contribution is -0.384. The zero-order valence-corrected chi connectivity index (χ0v) is 12.1. The fraction of sp³-hybridized carbons (Fsp3) is 0. The van der Waals surface area contributed by atoms with Gasteiger partial charge in [0, 0.05) is 12.3 Å². The first-order valence-electron chi connectivity index (χ1n) is 4.51. The molecule has 0 spiro atoms. The van der Waals surface area contributed by atoms with Crippen molar-refractivity contribution in [1.29, 1.82) is 10.5 Å². The summed E-state index contributed by atoms with van der Waals surface area (Å²) in [6.07, 6.45) is 0.959. The van der Waals surface area contributed by atoms with Crippen molar-refractivity contribution in [3.63, 3.8) is 0 Å². The van der Waals surface area contributed by atoms with Crippen LogP contribution in [-0.4, -0.2) is 4.92 Å². The highest BCUT2D eigenvalue weighted by molar-refractivity contribution is 9.11. The van der Waals surface area contributed by atoms with Crippen molar-refractivity contribution in [1.82, 2.24) is 0 Å². The predicted molar refractivity (Wildman–Crippen MR) is 71.4 cm³/mol. The van der Waals surface area contributed by atoms with Crippen molar-refractivity contribution in [3.05, 3.63) is 42.7 Å². The third-order valence-corrected chi connectivity index (χ3v) is 3.26. The Balaban J connectivity index is 3.39. The van der Waals surface area contributed by atoms with Gasteiger partial charge in [-0.2, -0.15) is 10.5 Å². The lowest BCUT2D eigenvalue weighted by Crippen LogP contribution is -2.00. The monoisotopic (exact) mass is 388 g/mol. The molecule has 0 heterocycles. The molecule has 1 aromatic rings. The number of nitro groups is 1. The van der Waals surface area contributed by atoms with Gasteiger partial charge in [-0.3, -0.25) is 10.1 Å².